The van der Waals surface area contributed by atoms with Gasteiger partial charge in [-0.1, -0.05) is 0 Å². The monoisotopic (exact) mass is 407 g/mol. The van der Waals surface area contributed by atoms with Crippen LogP contribution < -0.4 is 16.0 Å². The van der Waals surface area contributed by atoms with Gasteiger partial charge in [-0.25, -0.2) is 20.0 Å². The summed E-state index contributed by atoms with van der Waals surface area (Å²) >= 11 is 0. The van der Waals surface area contributed by atoms with Gasteiger partial charge in [-0.15, -0.1) is 0 Å². The SMILES string of the molecule is CNCC(C=N)=NC1N=CCC(c2ccc(N3CCC(C(N)=O)CC3)c(C#N)n2)=N1. The van der Waals surface area contributed by atoms with Crippen LogP contribution in [-0.4, -0.2) is 67.7 Å². The number of nitrogens with two attached hydrogens (primary N) is 1. The molecule has 1 aromatic rings. The number of nitrogens with one attached hydrogen (secondary N) is 2. The maximum atomic E-state index is 11.4. The summed E-state index contributed by atoms with van der Waals surface area (Å²) in [5.41, 5.74) is 8.34. The molecule has 10 heteroatoms. The lowest BCUT2D eigenvalue weighted by molar-refractivity contribution is -0.122. The molecule has 1 aromatic heterocycles. The van der Waals surface area contributed by atoms with E-state index in [9.17, 15) is 10.1 Å². The highest BCUT2D eigenvalue weighted by atomic mass is 16.1. The molecule has 1 fully saturated rings. The molecule has 2 aliphatic heterocycles. The number of carbonyl (C=O) groups is 1. The summed E-state index contributed by atoms with van der Waals surface area (Å²) in [5, 5.41) is 20.0. The first-order chi connectivity index (χ1) is 14.5. The third kappa shape index (κ3) is 4.93. The highest BCUT2D eigenvalue weighted by Crippen LogP contribution is 2.26. The van der Waals surface area contributed by atoms with Gasteiger partial charge < -0.3 is 21.4 Å². The first-order valence-corrected chi connectivity index (χ1v) is 9.81. The summed E-state index contributed by atoms with van der Waals surface area (Å²) in [6.07, 6.45) is 4.10. The maximum absolute atomic E-state index is 11.4. The van der Waals surface area contributed by atoms with Crippen molar-refractivity contribution in [3.63, 3.8) is 0 Å². The van der Waals surface area contributed by atoms with Crippen LogP contribution in [0.5, 0.6) is 0 Å². The van der Waals surface area contributed by atoms with Crippen LogP contribution >= 0.6 is 0 Å². The van der Waals surface area contributed by atoms with E-state index in [2.05, 4.69) is 36.2 Å². The molecule has 1 saturated heterocycles. The van der Waals surface area contributed by atoms with E-state index in [0.717, 1.165) is 5.69 Å². The summed E-state index contributed by atoms with van der Waals surface area (Å²) < 4.78 is 0. The van der Waals surface area contributed by atoms with E-state index in [1.54, 1.807) is 13.3 Å². The third-order valence-corrected chi connectivity index (χ3v) is 5.11. The number of pyridine rings is 1. The Kier molecular flexibility index (Phi) is 6.98. The second-order valence-electron chi connectivity index (χ2n) is 7.09. The molecule has 156 valence electrons. The molecule has 0 aromatic carbocycles. The van der Waals surface area contributed by atoms with Crippen molar-refractivity contribution in [1.82, 2.24) is 10.3 Å². The van der Waals surface area contributed by atoms with Crippen LogP contribution in [0.3, 0.4) is 0 Å². The lowest BCUT2D eigenvalue weighted by Gasteiger charge is -2.32. The van der Waals surface area contributed by atoms with Crippen molar-refractivity contribution in [2.24, 2.45) is 26.6 Å². The number of anilines is 1. The Morgan fingerprint density at radius 1 is 1.47 bits per heavy atom. The molecule has 30 heavy (non-hydrogen) atoms. The minimum absolute atomic E-state index is 0.110. The van der Waals surface area contributed by atoms with Crippen LogP contribution in [0.2, 0.25) is 0 Å². The van der Waals surface area contributed by atoms with Gasteiger partial charge in [0.2, 0.25) is 12.2 Å². The maximum Gasteiger partial charge on any atom is 0.233 e. The molecule has 10 nitrogen and oxygen atoms in total. The fourth-order valence-corrected chi connectivity index (χ4v) is 3.51. The highest BCUT2D eigenvalue weighted by molar-refractivity contribution is 6.30. The molecule has 0 spiro atoms. The average Bonchev–Trinajstić information content (AvgIpc) is 2.78. The quantitative estimate of drug-likeness (QED) is 0.562. The highest BCUT2D eigenvalue weighted by Gasteiger charge is 2.25. The first kappa shape index (κ1) is 21.3. The topological polar surface area (TPSA) is 156 Å². The Balaban J connectivity index is 1.80. The summed E-state index contributed by atoms with van der Waals surface area (Å²) in [6.45, 7) is 1.77. The summed E-state index contributed by atoms with van der Waals surface area (Å²) in [4.78, 5) is 31.1. The second kappa shape index (κ2) is 9.84. The Morgan fingerprint density at radius 3 is 2.87 bits per heavy atom. The van der Waals surface area contributed by atoms with Gasteiger partial charge in [0.1, 0.15) is 6.07 Å². The zero-order valence-electron chi connectivity index (χ0n) is 16.9. The first-order valence-electron chi connectivity index (χ1n) is 9.81. The van der Waals surface area contributed by atoms with Crippen LogP contribution in [0.1, 0.15) is 30.7 Å². The minimum atomic E-state index is -0.654. The third-order valence-electron chi connectivity index (χ3n) is 5.11. The number of nitrogens with zero attached hydrogens (tertiary/aromatic N) is 6. The molecule has 0 aliphatic carbocycles. The van der Waals surface area contributed by atoms with Crippen LogP contribution in [0.25, 0.3) is 0 Å². The summed E-state index contributed by atoms with van der Waals surface area (Å²) in [5.74, 6) is -0.375. The number of hydrogen-bond donors (Lipinski definition) is 3. The number of carbonyl (C=O) groups excluding carboxylic acids is 1. The van der Waals surface area contributed by atoms with Crippen molar-refractivity contribution < 1.29 is 4.79 Å². The average molecular weight is 407 g/mol. The van der Waals surface area contributed by atoms with Crippen molar-refractivity contribution in [3.8, 4) is 6.07 Å². The number of aliphatic imine (C=N–C) groups is 3. The van der Waals surface area contributed by atoms with Gasteiger partial charge in [-0.05, 0) is 32.0 Å². The van der Waals surface area contributed by atoms with Gasteiger partial charge in [-0.2, -0.15) is 5.26 Å². The zero-order chi connectivity index (χ0) is 21.5. The van der Waals surface area contributed by atoms with Crippen LogP contribution in [0.15, 0.2) is 27.1 Å². The van der Waals surface area contributed by atoms with Gasteiger partial charge in [-0.3, -0.25) is 4.79 Å². The number of primary amides is 1. The van der Waals surface area contributed by atoms with E-state index < -0.39 is 6.29 Å². The lowest BCUT2D eigenvalue weighted by atomic mass is 9.96. The van der Waals surface area contributed by atoms with Gasteiger partial charge in [0, 0.05) is 44.4 Å². The fourth-order valence-electron chi connectivity index (χ4n) is 3.51. The number of amides is 1. The van der Waals surface area contributed by atoms with Crippen molar-refractivity contribution in [2.75, 3.05) is 31.6 Å². The zero-order valence-corrected chi connectivity index (χ0v) is 16.9. The fraction of sp³-hybridized carbons (Fsp3) is 0.450. The molecule has 0 bridgehead atoms. The van der Waals surface area contributed by atoms with Gasteiger partial charge >= 0.3 is 0 Å². The number of piperidine rings is 1. The minimum Gasteiger partial charge on any atom is -0.369 e. The van der Waals surface area contributed by atoms with E-state index >= 15 is 0 Å². The Hall–Kier alpha value is -3.45. The number of aromatic nitrogens is 1. The predicted molar refractivity (Wildman–Crippen MR) is 117 cm³/mol. The molecular weight excluding hydrogens is 382 g/mol. The van der Waals surface area contributed by atoms with Crippen molar-refractivity contribution in [3.05, 3.63) is 23.5 Å². The molecule has 3 heterocycles. The number of hydrogen-bond acceptors (Lipinski definition) is 9. The van der Waals surface area contributed by atoms with Crippen molar-refractivity contribution in [1.29, 1.82) is 10.7 Å². The van der Waals surface area contributed by atoms with E-state index in [0.29, 0.717) is 61.7 Å². The molecule has 2 aliphatic rings. The molecule has 1 unspecified atom stereocenters. The number of nitriles is 1. The smallest absolute Gasteiger partial charge is 0.233 e. The van der Waals surface area contributed by atoms with E-state index in [1.807, 2.05) is 12.1 Å². The Morgan fingerprint density at radius 2 is 2.23 bits per heavy atom. The van der Waals surface area contributed by atoms with E-state index in [1.165, 1.54) is 6.21 Å². The largest absolute Gasteiger partial charge is 0.369 e. The summed E-state index contributed by atoms with van der Waals surface area (Å²) in [6, 6.07) is 5.90. The lowest BCUT2D eigenvalue weighted by Crippen LogP contribution is -2.39. The van der Waals surface area contributed by atoms with E-state index in [4.69, 9.17) is 11.1 Å². The van der Waals surface area contributed by atoms with Gasteiger partial charge in [0.05, 0.1) is 22.8 Å². The van der Waals surface area contributed by atoms with Gasteiger partial charge in [0.25, 0.3) is 0 Å². The second-order valence-corrected chi connectivity index (χ2v) is 7.09. The standard InChI is InChI=1S/C20H25N9O/c1-24-12-14(10-21)26-20-25-7-4-16(28-20)15-2-3-18(17(11-22)27-15)29-8-5-13(6-9-29)19(23)30/h2-3,7,10,13,20-21,24H,4-6,8-9,12H2,1H3,(H2,23,30). The number of rotatable bonds is 7. The van der Waals surface area contributed by atoms with E-state index in [-0.39, 0.29) is 11.8 Å². The normalized spacial score (nSPS) is 19.9. The van der Waals surface area contributed by atoms with Crippen molar-refractivity contribution in [2.45, 2.75) is 25.6 Å². The molecule has 1 amide bonds. The van der Waals surface area contributed by atoms with Crippen LogP contribution in [0, 0.1) is 22.7 Å². The Labute approximate surface area is 175 Å². The molecule has 4 N–H and O–H groups in total. The summed E-state index contributed by atoms with van der Waals surface area (Å²) in [7, 11) is 1.78. The molecule has 0 saturated carbocycles. The predicted octanol–water partition coefficient (Wildman–Crippen LogP) is 0.512. The molecule has 3 rings (SSSR count). The molecule has 1 atom stereocenters. The van der Waals surface area contributed by atoms with Gasteiger partial charge in [0.15, 0.2) is 5.69 Å². The van der Waals surface area contributed by atoms with Crippen LogP contribution in [0.4, 0.5) is 5.69 Å². The molecular formula is C20H25N9O. The van der Waals surface area contributed by atoms with Crippen LogP contribution in [-0.2, 0) is 4.79 Å². The molecule has 0 radical (unpaired) electrons. The Bertz CT molecular complexity index is 936. The van der Waals surface area contributed by atoms with Crippen molar-refractivity contribution >= 4 is 35.4 Å².